The highest BCUT2D eigenvalue weighted by atomic mass is 32.1. The molecule has 0 bridgehead atoms. The lowest BCUT2D eigenvalue weighted by atomic mass is 10.3. The number of hydrogen-bond acceptors (Lipinski definition) is 4. The number of aromatic nitrogens is 1. The second-order valence-electron chi connectivity index (χ2n) is 2.58. The highest BCUT2D eigenvalue weighted by Gasteiger charge is 2.05. The molecule has 0 fully saturated rings. The normalized spacial score (nSPS) is 13.2. The third kappa shape index (κ3) is 2.55. The van der Waals surface area contributed by atoms with Crippen molar-refractivity contribution in [3.63, 3.8) is 0 Å². The van der Waals surface area contributed by atoms with Crippen LogP contribution in [0.15, 0.2) is 5.38 Å². The van der Waals surface area contributed by atoms with Gasteiger partial charge in [0, 0.05) is 18.9 Å². The molecular weight excluding hydrogens is 174 g/mol. The first-order valence-corrected chi connectivity index (χ1v) is 4.73. The van der Waals surface area contributed by atoms with Gasteiger partial charge in [-0.2, -0.15) is 0 Å². The van der Waals surface area contributed by atoms with Crippen LogP contribution in [0.25, 0.3) is 0 Å². The van der Waals surface area contributed by atoms with Crippen molar-refractivity contribution in [2.45, 2.75) is 19.4 Å². The number of hydrogen-bond donors (Lipinski definition) is 1. The van der Waals surface area contributed by atoms with Crippen LogP contribution in [0.2, 0.25) is 0 Å². The van der Waals surface area contributed by atoms with E-state index in [0.29, 0.717) is 6.61 Å². The average Bonchev–Trinajstić information content (AvgIpc) is 2.48. The molecule has 3 nitrogen and oxygen atoms in total. The minimum absolute atomic E-state index is 0.461. The molecule has 0 aliphatic rings. The van der Waals surface area contributed by atoms with Crippen LogP contribution in [0, 0.1) is 0 Å². The Morgan fingerprint density at radius 3 is 3.00 bits per heavy atom. The molecule has 1 heterocycles. The zero-order chi connectivity index (χ0) is 8.97. The van der Waals surface area contributed by atoms with E-state index in [1.807, 2.05) is 5.38 Å². The third-order valence-electron chi connectivity index (χ3n) is 1.52. The van der Waals surface area contributed by atoms with Crippen LogP contribution in [0.4, 0.5) is 0 Å². The Morgan fingerprint density at radius 2 is 2.50 bits per heavy atom. The van der Waals surface area contributed by atoms with Gasteiger partial charge in [-0.1, -0.05) is 0 Å². The number of aliphatic hydroxyl groups is 1. The van der Waals surface area contributed by atoms with Crippen LogP contribution < -0.4 is 0 Å². The van der Waals surface area contributed by atoms with Gasteiger partial charge in [0.15, 0.2) is 0 Å². The molecule has 1 atom stereocenters. The molecule has 0 saturated carbocycles. The zero-order valence-electron chi connectivity index (χ0n) is 7.28. The number of methoxy groups -OCH3 is 1. The van der Waals surface area contributed by atoms with Crippen LogP contribution >= 0.6 is 11.3 Å². The van der Waals surface area contributed by atoms with Crippen LogP contribution in [0.5, 0.6) is 0 Å². The predicted octanol–water partition coefficient (Wildman–Crippen LogP) is 1.39. The highest BCUT2D eigenvalue weighted by molar-refractivity contribution is 7.09. The topological polar surface area (TPSA) is 42.4 Å². The Hall–Kier alpha value is -0.450. The molecule has 0 spiro atoms. The van der Waals surface area contributed by atoms with Crippen molar-refractivity contribution >= 4 is 11.3 Å². The standard InChI is InChI=1S/C8H13NO2S/c1-6(10)7-5-12-8(9-7)3-4-11-2/h5-6,10H,3-4H2,1-2H3. The van der Waals surface area contributed by atoms with Crippen LogP contribution in [0.1, 0.15) is 23.7 Å². The fourth-order valence-electron chi connectivity index (χ4n) is 0.821. The Labute approximate surface area is 76.0 Å². The van der Waals surface area contributed by atoms with Gasteiger partial charge < -0.3 is 9.84 Å². The molecule has 12 heavy (non-hydrogen) atoms. The molecule has 0 aliphatic heterocycles. The lowest BCUT2D eigenvalue weighted by Gasteiger charge is -1.96. The molecule has 1 aromatic rings. The summed E-state index contributed by atoms with van der Waals surface area (Å²) in [7, 11) is 1.67. The Kier molecular flexibility index (Phi) is 3.65. The van der Waals surface area contributed by atoms with Gasteiger partial charge in [-0.25, -0.2) is 4.98 Å². The summed E-state index contributed by atoms with van der Waals surface area (Å²) < 4.78 is 4.92. The largest absolute Gasteiger partial charge is 0.387 e. The molecule has 0 aliphatic carbocycles. The van der Waals surface area contributed by atoms with Gasteiger partial charge in [0.05, 0.1) is 23.4 Å². The van der Waals surface area contributed by atoms with E-state index in [2.05, 4.69) is 4.98 Å². The summed E-state index contributed by atoms with van der Waals surface area (Å²) in [5.41, 5.74) is 0.756. The minimum Gasteiger partial charge on any atom is -0.387 e. The maximum atomic E-state index is 9.18. The fourth-order valence-corrected chi connectivity index (χ4v) is 1.69. The van der Waals surface area contributed by atoms with E-state index in [0.717, 1.165) is 17.1 Å². The molecule has 1 unspecified atom stereocenters. The Morgan fingerprint density at radius 1 is 1.75 bits per heavy atom. The Bertz CT molecular complexity index is 235. The molecule has 0 saturated heterocycles. The summed E-state index contributed by atoms with van der Waals surface area (Å²) in [5, 5.41) is 12.1. The van der Waals surface area contributed by atoms with Gasteiger partial charge in [-0.3, -0.25) is 0 Å². The molecule has 1 N–H and O–H groups in total. The summed E-state index contributed by atoms with van der Waals surface area (Å²) in [6.07, 6.45) is 0.367. The van der Waals surface area contributed by atoms with E-state index in [4.69, 9.17) is 4.74 Å². The van der Waals surface area contributed by atoms with Crippen LogP contribution in [-0.4, -0.2) is 23.8 Å². The summed E-state index contributed by atoms with van der Waals surface area (Å²) in [4.78, 5) is 4.24. The van der Waals surface area contributed by atoms with E-state index >= 15 is 0 Å². The number of rotatable bonds is 4. The second kappa shape index (κ2) is 4.54. The van der Waals surface area contributed by atoms with Crippen LogP contribution in [0.3, 0.4) is 0 Å². The maximum absolute atomic E-state index is 9.18. The van der Waals surface area contributed by atoms with Crippen molar-refractivity contribution in [2.75, 3.05) is 13.7 Å². The number of thiazole rings is 1. The summed E-state index contributed by atoms with van der Waals surface area (Å²) in [6, 6.07) is 0. The van der Waals surface area contributed by atoms with Crippen molar-refractivity contribution in [1.82, 2.24) is 4.98 Å². The SMILES string of the molecule is COCCc1nc(C(C)O)cs1. The lowest BCUT2D eigenvalue weighted by molar-refractivity contribution is 0.193. The van der Waals surface area contributed by atoms with Crippen molar-refractivity contribution in [2.24, 2.45) is 0 Å². The quantitative estimate of drug-likeness (QED) is 0.774. The molecule has 0 radical (unpaired) electrons. The summed E-state index contributed by atoms with van der Waals surface area (Å²) in [6.45, 7) is 2.40. The monoisotopic (exact) mass is 187 g/mol. The van der Waals surface area contributed by atoms with Crippen LogP contribution in [-0.2, 0) is 11.2 Å². The van der Waals surface area contributed by atoms with E-state index in [1.54, 1.807) is 25.4 Å². The maximum Gasteiger partial charge on any atom is 0.0952 e. The number of ether oxygens (including phenoxy) is 1. The second-order valence-corrected chi connectivity index (χ2v) is 3.53. The third-order valence-corrected chi connectivity index (χ3v) is 2.44. The highest BCUT2D eigenvalue weighted by Crippen LogP contribution is 2.16. The number of aliphatic hydroxyl groups excluding tert-OH is 1. The first kappa shape index (κ1) is 9.64. The van der Waals surface area contributed by atoms with Crippen molar-refractivity contribution < 1.29 is 9.84 Å². The molecular formula is C8H13NO2S. The van der Waals surface area contributed by atoms with Gasteiger partial charge in [-0.15, -0.1) is 11.3 Å². The molecule has 68 valence electrons. The molecule has 4 heteroatoms. The molecule has 1 rings (SSSR count). The number of nitrogens with zero attached hydrogens (tertiary/aromatic N) is 1. The predicted molar refractivity (Wildman–Crippen MR) is 48.3 cm³/mol. The van der Waals surface area contributed by atoms with E-state index in [-0.39, 0.29) is 0 Å². The average molecular weight is 187 g/mol. The fraction of sp³-hybridized carbons (Fsp3) is 0.625. The van der Waals surface area contributed by atoms with Crippen molar-refractivity contribution in [3.05, 3.63) is 16.1 Å². The minimum atomic E-state index is -0.461. The van der Waals surface area contributed by atoms with Gasteiger partial charge in [0.25, 0.3) is 0 Å². The van der Waals surface area contributed by atoms with Gasteiger partial charge in [0.1, 0.15) is 0 Å². The lowest BCUT2D eigenvalue weighted by Crippen LogP contribution is -1.95. The first-order valence-electron chi connectivity index (χ1n) is 3.85. The van der Waals surface area contributed by atoms with E-state index < -0.39 is 6.10 Å². The van der Waals surface area contributed by atoms with Gasteiger partial charge in [-0.05, 0) is 6.92 Å². The molecule has 1 aromatic heterocycles. The smallest absolute Gasteiger partial charge is 0.0952 e. The molecule has 0 aromatic carbocycles. The van der Waals surface area contributed by atoms with E-state index in [9.17, 15) is 5.11 Å². The van der Waals surface area contributed by atoms with Crippen molar-refractivity contribution in [1.29, 1.82) is 0 Å². The molecule has 0 amide bonds. The zero-order valence-corrected chi connectivity index (χ0v) is 8.10. The van der Waals surface area contributed by atoms with Gasteiger partial charge >= 0.3 is 0 Å². The van der Waals surface area contributed by atoms with Crippen molar-refractivity contribution in [3.8, 4) is 0 Å². The Balaban J connectivity index is 2.52. The summed E-state index contributed by atoms with van der Waals surface area (Å²) >= 11 is 1.57. The first-order chi connectivity index (χ1) is 5.74. The summed E-state index contributed by atoms with van der Waals surface area (Å²) in [5.74, 6) is 0. The van der Waals surface area contributed by atoms with Gasteiger partial charge in [0.2, 0.25) is 0 Å². The van der Waals surface area contributed by atoms with E-state index in [1.165, 1.54) is 0 Å².